The predicted octanol–water partition coefficient (Wildman–Crippen LogP) is 4.00. The minimum absolute atomic E-state index is 0.000825. The zero-order valence-corrected chi connectivity index (χ0v) is 16.4. The predicted molar refractivity (Wildman–Crippen MR) is 103 cm³/mol. The van der Waals surface area contributed by atoms with E-state index < -0.39 is 22.1 Å². The Labute approximate surface area is 163 Å². The molecule has 2 aromatic heterocycles. The Kier molecular flexibility index (Phi) is 6.23. The van der Waals surface area contributed by atoms with Gasteiger partial charge in [0.15, 0.2) is 6.29 Å². The van der Waals surface area contributed by atoms with Crippen molar-refractivity contribution in [1.82, 2.24) is 8.96 Å². The van der Waals surface area contributed by atoms with Crippen LogP contribution in [0.25, 0.3) is 11.3 Å². The zero-order chi connectivity index (χ0) is 20.1. The molecule has 1 aromatic carbocycles. The van der Waals surface area contributed by atoms with E-state index in [9.17, 15) is 12.8 Å². The van der Waals surface area contributed by atoms with E-state index in [-0.39, 0.29) is 16.2 Å². The number of pyridine rings is 1. The summed E-state index contributed by atoms with van der Waals surface area (Å²) in [5.41, 5.74) is 0.823. The highest BCUT2D eigenvalue weighted by atomic mass is 32.2. The Hall–Kier alpha value is -2.55. The van der Waals surface area contributed by atoms with Crippen LogP contribution >= 0.6 is 0 Å². The molecule has 6 nitrogen and oxygen atoms in total. The fourth-order valence-electron chi connectivity index (χ4n) is 2.81. The van der Waals surface area contributed by atoms with Crippen molar-refractivity contribution in [2.75, 3.05) is 13.2 Å². The van der Waals surface area contributed by atoms with Crippen LogP contribution in [-0.2, 0) is 19.5 Å². The first-order chi connectivity index (χ1) is 13.5. The van der Waals surface area contributed by atoms with Gasteiger partial charge in [-0.15, -0.1) is 0 Å². The summed E-state index contributed by atoms with van der Waals surface area (Å²) >= 11 is 0. The molecule has 0 saturated heterocycles. The van der Waals surface area contributed by atoms with Crippen LogP contribution in [-0.4, -0.2) is 30.6 Å². The monoisotopic (exact) mass is 404 g/mol. The summed E-state index contributed by atoms with van der Waals surface area (Å²) in [6, 6.07) is 10.5. The molecule has 0 aliphatic carbocycles. The van der Waals surface area contributed by atoms with E-state index in [1.165, 1.54) is 42.9 Å². The normalized spacial score (nSPS) is 11.9. The van der Waals surface area contributed by atoms with Crippen LogP contribution < -0.4 is 0 Å². The summed E-state index contributed by atoms with van der Waals surface area (Å²) in [4.78, 5) is 3.88. The maximum Gasteiger partial charge on any atom is 0.269 e. The lowest BCUT2D eigenvalue weighted by molar-refractivity contribution is -0.140. The lowest BCUT2D eigenvalue weighted by atomic mass is 10.1. The van der Waals surface area contributed by atoms with Gasteiger partial charge in [0.25, 0.3) is 10.0 Å². The van der Waals surface area contributed by atoms with Crippen molar-refractivity contribution in [1.29, 1.82) is 0 Å². The van der Waals surface area contributed by atoms with E-state index in [4.69, 9.17) is 9.47 Å². The van der Waals surface area contributed by atoms with Crippen molar-refractivity contribution in [3.05, 3.63) is 72.4 Å². The molecule has 8 heteroatoms. The lowest BCUT2D eigenvalue weighted by Crippen LogP contribution is -2.14. The van der Waals surface area contributed by atoms with Gasteiger partial charge in [-0.1, -0.05) is 12.1 Å². The molecule has 148 valence electrons. The number of hydrogen-bond acceptors (Lipinski definition) is 5. The Bertz CT molecular complexity index is 1030. The number of aromatic nitrogens is 2. The number of benzene rings is 1. The Morgan fingerprint density at radius 3 is 2.43 bits per heavy atom. The van der Waals surface area contributed by atoms with Gasteiger partial charge >= 0.3 is 0 Å². The maximum atomic E-state index is 14.5. The molecular formula is C20H21FN2O4S. The van der Waals surface area contributed by atoms with Gasteiger partial charge in [-0.25, -0.2) is 16.8 Å². The van der Waals surface area contributed by atoms with Gasteiger partial charge in [-0.3, -0.25) is 4.98 Å². The highest BCUT2D eigenvalue weighted by Gasteiger charge is 2.26. The van der Waals surface area contributed by atoms with Crippen molar-refractivity contribution in [2.45, 2.75) is 25.0 Å². The molecule has 0 aliphatic heterocycles. The smallest absolute Gasteiger partial charge is 0.269 e. The second-order valence-corrected chi connectivity index (χ2v) is 7.69. The molecule has 0 spiro atoms. The third-order valence-electron chi connectivity index (χ3n) is 4.06. The second-order valence-electron chi connectivity index (χ2n) is 5.87. The summed E-state index contributed by atoms with van der Waals surface area (Å²) < 4.78 is 53.1. The molecule has 3 rings (SSSR count). The molecule has 0 atom stereocenters. The summed E-state index contributed by atoms with van der Waals surface area (Å²) in [6.07, 6.45) is 3.38. The van der Waals surface area contributed by atoms with E-state index in [0.29, 0.717) is 18.8 Å². The molecule has 0 amide bonds. The van der Waals surface area contributed by atoms with E-state index in [1.807, 2.05) is 13.8 Å². The SMILES string of the molecule is CCOC(OCC)c1cc(-c2ccccc2F)n(S(=O)(=O)c2cccnc2)c1. The Balaban J connectivity index is 2.21. The van der Waals surface area contributed by atoms with Crippen molar-refractivity contribution < 1.29 is 22.3 Å². The molecule has 2 heterocycles. The molecule has 0 saturated carbocycles. The average molecular weight is 404 g/mol. The molecule has 0 radical (unpaired) electrons. The van der Waals surface area contributed by atoms with E-state index in [1.54, 1.807) is 18.2 Å². The van der Waals surface area contributed by atoms with Gasteiger partial charge in [0.1, 0.15) is 10.7 Å². The molecule has 0 aliphatic rings. The number of hydrogen-bond donors (Lipinski definition) is 0. The number of ether oxygens (including phenoxy) is 2. The van der Waals surface area contributed by atoms with Crippen LogP contribution in [0.5, 0.6) is 0 Å². The van der Waals surface area contributed by atoms with E-state index in [0.717, 1.165) is 3.97 Å². The minimum atomic E-state index is -4.00. The quantitative estimate of drug-likeness (QED) is 0.531. The second kappa shape index (κ2) is 8.64. The van der Waals surface area contributed by atoms with Gasteiger partial charge in [-0.05, 0) is 44.2 Å². The summed E-state index contributed by atoms with van der Waals surface area (Å²) in [7, 11) is -4.00. The molecule has 0 fully saturated rings. The minimum Gasteiger partial charge on any atom is -0.349 e. The topological polar surface area (TPSA) is 70.4 Å². The average Bonchev–Trinajstić information content (AvgIpc) is 3.15. The van der Waals surface area contributed by atoms with Gasteiger partial charge in [0, 0.05) is 42.9 Å². The Morgan fingerprint density at radius 1 is 1.11 bits per heavy atom. The van der Waals surface area contributed by atoms with Crippen LogP contribution in [0.15, 0.2) is 66.0 Å². The van der Waals surface area contributed by atoms with Crippen molar-refractivity contribution in [3.8, 4) is 11.3 Å². The fraction of sp³-hybridized carbons (Fsp3) is 0.250. The van der Waals surface area contributed by atoms with E-state index in [2.05, 4.69) is 4.98 Å². The van der Waals surface area contributed by atoms with Crippen LogP contribution in [0.2, 0.25) is 0 Å². The first-order valence-electron chi connectivity index (χ1n) is 8.85. The zero-order valence-electron chi connectivity index (χ0n) is 15.6. The molecule has 28 heavy (non-hydrogen) atoms. The molecular weight excluding hydrogens is 383 g/mol. The Morgan fingerprint density at radius 2 is 1.82 bits per heavy atom. The molecule has 0 bridgehead atoms. The number of halogens is 1. The molecule has 3 aromatic rings. The third kappa shape index (κ3) is 3.99. The summed E-state index contributed by atoms with van der Waals surface area (Å²) in [5.74, 6) is -0.529. The first-order valence-corrected chi connectivity index (χ1v) is 10.3. The summed E-state index contributed by atoms with van der Waals surface area (Å²) in [5, 5.41) is 0. The first kappa shape index (κ1) is 20.2. The van der Waals surface area contributed by atoms with Gasteiger partial charge < -0.3 is 9.47 Å². The number of nitrogens with zero attached hydrogens (tertiary/aromatic N) is 2. The van der Waals surface area contributed by atoms with Gasteiger partial charge in [0.2, 0.25) is 0 Å². The van der Waals surface area contributed by atoms with Gasteiger partial charge in [-0.2, -0.15) is 0 Å². The van der Waals surface area contributed by atoms with Crippen LogP contribution in [0, 0.1) is 5.82 Å². The third-order valence-corrected chi connectivity index (χ3v) is 5.71. The molecule has 0 N–H and O–H groups in total. The van der Waals surface area contributed by atoms with Crippen LogP contribution in [0.3, 0.4) is 0 Å². The van der Waals surface area contributed by atoms with Crippen molar-refractivity contribution in [2.24, 2.45) is 0 Å². The van der Waals surface area contributed by atoms with Crippen molar-refractivity contribution in [3.63, 3.8) is 0 Å². The largest absolute Gasteiger partial charge is 0.349 e. The summed E-state index contributed by atoms with van der Waals surface area (Å²) in [6.45, 7) is 4.38. The lowest BCUT2D eigenvalue weighted by Gasteiger charge is -2.15. The van der Waals surface area contributed by atoms with Crippen LogP contribution in [0.1, 0.15) is 25.7 Å². The standard InChI is InChI=1S/C20H21FN2O4S/c1-3-26-20(27-4-2)15-12-19(17-9-5-6-10-18(17)21)23(14-15)28(24,25)16-8-7-11-22-13-16/h5-14,20H,3-4H2,1-2H3. The molecule has 0 unspecified atom stereocenters. The van der Waals surface area contributed by atoms with Crippen LogP contribution in [0.4, 0.5) is 4.39 Å². The van der Waals surface area contributed by atoms with E-state index >= 15 is 0 Å². The van der Waals surface area contributed by atoms with Crippen molar-refractivity contribution >= 4 is 10.0 Å². The highest BCUT2D eigenvalue weighted by molar-refractivity contribution is 7.90. The van der Waals surface area contributed by atoms with Gasteiger partial charge in [0.05, 0.1) is 5.69 Å². The fourth-order valence-corrected chi connectivity index (χ4v) is 4.16. The maximum absolute atomic E-state index is 14.5. The number of rotatable bonds is 8. The highest BCUT2D eigenvalue weighted by Crippen LogP contribution is 2.32.